The fourth-order valence-corrected chi connectivity index (χ4v) is 11.2. The number of carboxylic acids is 1. The van der Waals surface area contributed by atoms with Crippen LogP contribution >= 0.6 is 0 Å². The minimum Gasteiger partial charge on any atom is -0.480 e. The molecule has 0 spiro atoms. The molecule has 5 heteroatoms. The summed E-state index contributed by atoms with van der Waals surface area (Å²) in [5.74, 6) is 1.35. The van der Waals surface area contributed by atoms with E-state index in [-0.39, 0.29) is 34.6 Å². The number of carboxylic acid groups (broad SMARTS) is 1. The smallest absolute Gasteiger partial charge is 0.322 e. The van der Waals surface area contributed by atoms with Gasteiger partial charge in [-0.1, -0.05) is 92.7 Å². The van der Waals surface area contributed by atoms with E-state index in [0.717, 1.165) is 50.6 Å². The van der Waals surface area contributed by atoms with E-state index in [1.54, 1.807) is 6.08 Å². The number of allylic oxidation sites excluding steroid dienone is 6. The molecule has 3 N–H and O–H groups in total. The number of carbonyl (C=O) groups is 2. The number of fused-ring (bicyclic) bond motifs is 5. The van der Waals surface area contributed by atoms with Gasteiger partial charge >= 0.3 is 5.97 Å². The van der Waals surface area contributed by atoms with E-state index in [1.165, 1.54) is 30.5 Å². The first-order chi connectivity index (χ1) is 22.2. The quantitative estimate of drug-likeness (QED) is 0.162. The number of carbonyl (C=O) groups excluding carboxylic acids is 1. The molecule has 1 amide bonds. The van der Waals surface area contributed by atoms with Crippen molar-refractivity contribution in [3.8, 4) is 0 Å². The second-order valence-corrected chi connectivity index (χ2v) is 15.6. The van der Waals surface area contributed by atoms with Crippen LogP contribution in [-0.4, -0.2) is 30.1 Å². The Labute approximate surface area is 288 Å². The van der Waals surface area contributed by atoms with E-state index in [9.17, 15) is 14.7 Å². The summed E-state index contributed by atoms with van der Waals surface area (Å²) in [7, 11) is 0. The Morgan fingerprint density at radius 3 is 2.17 bits per heavy atom. The summed E-state index contributed by atoms with van der Waals surface area (Å²) in [4.78, 5) is 24.9. The molecule has 0 saturated heterocycles. The van der Waals surface area contributed by atoms with Crippen LogP contribution in [0.4, 0.5) is 0 Å². The first kappa shape index (κ1) is 40.6. The zero-order chi connectivity index (χ0) is 35.8. The van der Waals surface area contributed by atoms with Gasteiger partial charge in [-0.15, -0.1) is 13.2 Å². The van der Waals surface area contributed by atoms with Gasteiger partial charge in [0.1, 0.15) is 6.54 Å². The van der Waals surface area contributed by atoms with Gasteiger partial charge in [0, 0.05) is 17.7 Å². The fraction of sp³-hybridized carbons (Fsp3) is 0.714. The van der Waals surface area contributed by atoms with E-state index in [2.05, 4.69) is 91.0 Å². The molecule has 3 fully saturated rings. The highest BCUT2D eigenvalue weighted by molar-refractivity contribution is 5.86. The molecular formula is C42H70N2O3. The topological polar surface area (TPSA) is 78.4 Å². The van der Waals surface area contributed by atoms with Gasteiger partial charge in [0.2, 0.25) is 5.91 Å². The van der Waals surface area contributed by atoms with E-state index in [0.29, 0.717) is 23.7 Å². The first-order valence-corrected chi connectivity index (χ1v) is 18.6. The molecule has 5 nitrogen and oxygen atoms in total. The summed E-state index contributed by atoms with van der Waals surface area (Å²) in [6.45, 7) is 34.9. The predicted molar refractivity (Wildman–Crippen MR) is 200 cm³/mol. The van der Waals surface area contributed by atoms with Crippen molar-refractivity contribution in [2.45, 2.75) is 127 Å². The van der Waals surface area contributed by atoms with Crippen LogP contribution in [0, 0.1) is 51.2 Å². The summed E-state index contributed by atoms with van der Waals surface area (Å²) in [5, 5.41) is 15.8. The molecule has 0 aromatic rings. The normalized spacial score (nSPS) is 37.4. The molecule has 266 valence electrons. The number of aliphatic carboxylic acids is 1. The van der Waals surface area contributed by atoms with Crippen molar-refractivity contribution in [1.82, 2.24) is 10.6 Å². The van der Waals surface area contributed by atoms with Crippen LogP contribution < -0.4 is 10.6 Å². The van der Waals surface area contributed by atoms with Crippen molar-refractivity contribution < 1.29 is 14.7 Å². The minimum absolute atomic E-state index is 0.0636. The molecule has 0 aromatic carbocycles. The lowest BCUT2D eigenvalue weighted by molar-refractivity contribution is -0.222. The van der Waals surface area contributed by atoms with Crippen LogP contribution in [0.3, 0.4) is 0 Å². The summed E-state index contributed by atoms with van der Waals surface area (Å²) in [6.07, 6.45) is 17.8. The number of rotatable bonds is 10. The van der Waals surface area contributed by atoms with E-state index in [1.807, 2.05) is 26.8 Å². The molecule has 0 heterocycles. The van der Waals surface area contributed by atoms with Crippen LogP contribution in [0.2, 0.25) is 0 Å². The van der Waals surface area contributed by atoms with Crippen molar-refractivity contribution in [2.75, 3.05) is 13.1 Å². The van der Waals surface area contributed by atoms with Crippen molar-refractivity contribution in [1.29, 1.82) is 0 Å². The molecule has 4 aliphatic carbocycles. The maximum absolute atomic E-state index is 13.6. The molecule has 4 aliphatic rings. The molecule has 0 aromatic heterocycles. The van der Waals surface area contributed by atoms with Crippen molar-refractivity contribution in [3.05, 3.63) is 60.9 Å². The molecule has 0 bridgehead atoms. The predicted octanol–water partition coefficient (Wildman–Crippen LogP) is 10.3. The highest BCUT2D eigenvalue weighted by Gasteiger charge is 2.68. The third-order valence-electron chi connectivity index (χ3n) is 13.4. The number of hydrogen-bond donors (Lipinski definition) is 3. The zero-order valence-electron chi connectivity index (χ0n) is 31.9. The van der Waals surface area contributed by atoms with Gasteiger partial charge in [0.15, 0.2) is 0 Å². The Morgan fingerprint density at radius 1 is 0.979 bits per heavy atom. The second-order valence-electron chi connectivity index (χ2n) is 15.6. The van der Waals surface area contributed by atoms with E-state index in [4.69, 9.17) is 0 Å². The molecule has 47 heavy (non-hydrogen) atoms. The SMILES string of the molecule is C=CC.C=CCNC1=C(C(=C)/C=C\C)C[C@@]2(C)C(CC[C@]3(C)C2CCC2C(CCC)[C@@](C)(C(=O)NCC(=O)O)CC[C@]23C)[C@H]1C.CC. The summed E-state index contributed by atoms with van der Waals surface area (Å²) in [6, 6.07) is 0. The lowest BCUT2D eigenvalue weighted by Gasteiger charge is -2.71. The van der Waals surface area contributed by atoms with Crippen LogP contribution in [-0.2, 0) is 9.59 Å². The monoisotopic (exact) mass is 651 g/mol. The zero-order valence-corrected chi connectivity index (χ0v) is 31.9. The molecule has 9 atom stereocenters. The number of amides is 1. The molecule has 3 saturated carbocycles. The standard InChI is InChI=1S/C37H58N2O3.C3H6.C2H6/c1-10-13-24(4)26-22-35(7)27(25(5)32(26)38-21-12-3)17-18-37(9)30(35)16-15-29-28(14-11-2)34(6,19-20-36(29,37)8)33(42)39-23-31(40)41;1-3-2;1-2/h10,12-13,25,27-30,38H,3-4,11,14-23H2,1-2,5-9H3,(H,39,42)(H,40,41);3H,1H2,2H3;1-2H3/b13-10-;;/t25-,27?,28?,29?,30?,34+,35+,36-,37-;;/m1../s1. The van der Waals surface area contributed by atoms with Gasteiger partial charge < -0.3 is 15.7 Å². The maximum Gasteiger partial charge on any atom is 0.322 e. The Kier molecular flexibility index (Phi) is 14.4. The average Bonchev–Trinajstić information content (AvgIpc) is 3.03. The van der Waals surface area contributed by atoms with Gasteiger partial charge in [0.25, 0.3) is 0 Å². The van der Waals surface area contributed by atoms with Crippen molar-refractivity contribution in [3.63, 3.8) is 0 Å². The second kappa shape index (κ2) is 16.7. The van der Waals surface area contributed by atoms with Gasteiger partial charge in [0.05, 0.1) is 0 Å². The van der Waals surface area contributed by atoms with Gasteiger partial charge in [-0.2, -0.15) is 0 Å². The minimum atomic E-state index is -0.979. The Bertz CT molecular complexity index is 1200. The Balaban J connectivity index is 0.00000145. The molecule has 4 unspecified atom stereocenters. The third-order valence-corrected chi connectivity index (χ3v) is 13.4. The lowest BCUT2D eigenvalue weighted by atomic mass is 9.33. The van der Waals surface area contributed by atoms with Crippen LogP contribution in [0.15, 0.2) is 60.9 Å². The number of hydrogen-bond acceptors (Lipinski definition) is 3. The third kappa shape index (κ3) is 7.39. The number of nitrogens with one attached hydrogen (secondary N) is 2. The van der Waals surface area contributed by atoms with Gasteiger partial charge in [-0.05, 0) is 122 Å². The van der Waals surface area contributed by atoms with E-state index < -0.39 is 11.4 Å². The average molecular weight is 651 g/mol. The fourth-order valence-electron chi connectivity index (χ4n) is 11.2. The molecule has 0 radical (unpaired) electrons. The highest BCUT2D eigenvalue weighted by atomic mass is 16.4. The van der Waals surface area contributed by atoms with Gasteiger partial charge in [-0.25, -0.2) is 0 Å². The highest BCUT2D eigenvalue weighted by Crippen LogP contribution is 2.75. The summed E-state index contributed by atoms with van der Waals surface area (Å²) < 4.78 is 0. The van der Waals surface area contributed by atoms with E-state index >= 15 is 0 Å². The van der Waals surface area contributed by atoms with Crippen LogP contribution in [0.25, 0.3) is 0 Å². The van der Waals surface area contributed by atoms with Crippen molar-refractivity contribution in [2.24, 2.45) is 51.2 Å². The summed E-state index contributed by atoms with van der Waals surface area (Å²) in [5.41, 5.74) is 3.88. The first-order valence-electron chi connectivity index (χ1n) is 18.6. The molecular weight excluding hydrogens is 580 g/mol. The van der Waals surface area contributed by atoms with Crippen LogP contribution in [0.5, 0.6) is 0 Å². The molecule has 4 rings (SSSR count). The van der Waals surface area contributed by atoms with Gasteiger partial charge in [-0.3, -0.25) is 9.59 Å². The molecule has 0 aliphatic heterocycles. The maximum atomic E-state index is 13.6. The largest absolute Gasteiger partial charge is 0.480 e. The Morgan fingerprint density at radius 2 is 1.62 bits per heavy atom. The van der Waals surface area contributed by atoms with Crippen molar-refractivity contribution >= 4 is 11.9 Å². The summed E-state index contributed by atoms with van der Waals surface area (Å²) >= 11 is 0. The lowest BCUT2D eigenvalue weighted by Crippen LogP contribution is -2.66. The Hall–Kier alpha value is -2.56. The van der Waals surface area contributed by atoms with Crippen LogP contribution in [0.1, 0.15) is 127 Å².